The normalized spacial score (nSPS) is 15.2. The average Bonchev–Trinajstić information content (AvgIpc) is 2.42. The van der Waals surface area contributed by atoms with E-state index in [1.54, 1.807) is 6.07 Å². The summed E-state index contributed by atoms with van der Waals surface area (Å²) in [4.78, 5) is 11.0. The van der Waals surface area contributed by atoms with Gasteiger partial charge in [-0.05, 0) is 24.6 Å². The first-order valence-electron chi connectivity index (χ1n) is 6.59. The zero-order chi connectivity index (χ0) is 14.1. The van der Waals surface area contributed by atoms with Crippen LogP contribution < -0.4 is 0 Å². The second-order valence-electron chi connectivity index (χ2n) is 5.09. The van der Waals surface area contributed by atoms with Gasteiger partial charge >= 0.3 is 0 Å². The van der Waals surface area contributed by atoms with Crippen LogP contribution in [-0.2, 0) is 19.5 Å². The van der Waals surface area contributed by atoms with E-state index in [0.29, 0.717) is 11.6 Å². The molecule has 0 radical (unpaired) electrons. The molecule has 1 aromatic heterocycles. The SMILES string of the molecule is Cc1ncc2c(n1)CCN(Cc1ccc(F)cc1Cl)C2. The van der Waals surface area contributed by atoms with Crippen LogP contribution in [0.2, 0.25) is 5.02 Å². The molecule has 1 aliphatic heterocycles. The maximum absolute atomic E-state index is 13.0. The highest BCUT2D eigenvalue weighted by Gasteiger charge is 2.18. The van der Waals surface area contributed by atoms with Crippen LogP contribution in [0.4, 0.5) is 4.39 Å². The molecule has 5 heteroatoms. The van der Waals surface area contributed by atoms with Gasteiger partial charge in [-0.25, -0.2) is 14.4 Å². The standard InChI is InChI=1S/C15H15ClFN3/c1-10-18-7-12-9-20(5-4-15(12)19-10)8-11-2-3-13(17)6-14(11)16/h2-3,6-7H,4-5,8-9H2,1H3. The van der Waals surface area contributed by atoms with Gasteiger partial charge in [0, 0.05) is 48.5 Å². The number of hydrogen-bond donors (Lipinski definition) is 0. The molecule has 0 unspecified atom stereocenters. The summed E-state index contributed by atoms with van der Waals surface area (Å²) >= 11 is 6.08. The van der Waals surface area contributed by atoms with Crippen LogP contribution in [0, 0.1) is 12.7 Å². The van der Waals surface area contributed by atoms with E-state index in [9.17, 15) is 4.39 Å². The highest BCUT2D eigenvalue weighted by molar-refractivity contribution is 6.31. The van der Waals surface area contributed by atoms with Crippen molar-refractivity contribution in [2.75, 3.05) is 6.54 Å². The second kappa shape index (κ2) is 5.46. The molecule has 3 rings (SSSR count). The zero-order valence-electron chi connectivity index (χ0n) is 11.2. The van der Waals surface area contributed by atoms with Gasteiger partial charge in [0.2, 0.25) is 0 Å². The smallest absolute Gasteiger partial charge is 0.125 e. The lowest BCUT2D eigenvalue weighted by molar-refractivity contribution is 0.242. The lowest BCUT2D eigenvalue weighted by Crippen LogP contribution is -2.31. The fraction of sp³-hybridized carbons (Fsp3) is 0.333. The van der Waals surface area contributed by atoms with Crippen molar-refractivity contribution in [2.24, 2.45) is 0 Å². The van der Waals surface area contributed by atoms with Gasteiger partial charge in [-0.15, -0.1) is 0 Å². The van der Waals surface area contributed by atoms with Crippen molar-refractivity contribution >= 4 is 11.6 Å². The molecule has 104 valence electrons. The summed E-state index contributed by atoms with van der Waals surface area (Å²) in [5, 5.41) is 0.482. The van der Waals surface area contributed by atoms with Crippen LogP contribution in [-0.4, -0.2) is 21.4 Å². The third-order valence-corrected chi connectivity index (χ3v) is 3.89. The first-order valence-corrected chi connectivity index (χ1v) is 6.97. The molecule has 1 aromatic carbocycles. The molecule has 0 bridgehead atoms. The molecular weight excluding hydrogens is 277 g/mol. The molecule has 0 saturated carbocycles. The summed E-state index contributed by atoms with van der Waals surface area (Å²) in [6.07, 6.45) is 2.81. The fourth-order valence-electron chi connectivity index (χ4n) is 2.50. The number of halogens is 2. The quantitative estimate of drug-likeness (QED) is 0.851. The third kappa shape index (κ3) is 2.81. The largest absolute Gasteiger partial charge is 0.294 e. The number of nitrogens with zero attached hydrogens (tertiary/aromatic N) is 3. The molecule has 1 aliphatic rings. The van der Waals surface area contributed by atoms with Gasteiger partial charge in [0.15, 0.2) is 0 Å². The molecule has 3 nitrogen and oxygen atoms in total. The van der Waals surface area contributed by atoms with E-state index in [-0.39, 0.29) is 5.82 Å². The van der Waals surface area contributed by atoms with E-state index in [4.69, 9.17) is 11.6 Å². The van der Waals surface area contributed by atoms with Crippen LogP contribution in [0.3, 0.4) is 0 Å². The van der Waals surface area contributed by atoms with Crippen molar-refractivity contribution in [1.29, 1.82) is 0 Å². The van der Waals surface area contributed by atoms with Crippen molar-refractivity contribution in [3.8, 4) is 0 Å². The summed E-state index contributed by atoms with van der Waals surface area (Å²) < 4.78 is 13.0. The maximum Gasteiger partial charge on any atom is 0.125 e. The first-order chi connectivity index (χ1) is 9.61. The molecule has 20 heavy (non-hydrogen) atoms. The van der Waals surface area contributed by atoms with Gasteiger partial charge < -0.3 is 0 Å². The molecule has 0 fully saturated rings. The Morgan fingerprint density at radius 1 is 1.40 bits per heavy atom. The first kappa shape index (κ1) is 13.5. The van der Waals surface area contributed by atoms with Crippen molar-refractivity contribution in [1.82, 2.24) is 14.9 Å². The number of aromatic nitrogens is 2. The van der Waals surface area contributed by atoms with Gasteiger partial charge in [0.1, 0.15) is 11.6 Å². The zero-order valence-corrected chi connectivity index (χ0v) is 12.0. The number of hydrogen-bond acceptors (Lipinski definition) is 3. The van der Waals surface area contributed by atoms with Gasteiger partial charge in [0.25, 0.3) is 0 Å². The summed E-state index contributed by atoms with van der Waals surface area (Å²) in [6, 6.07) is 4.56. The monoisotopic (exact) mass is 291 g/mol. The molecule has 0 N–H and O–H groups in total. The predicted molar refractivity (Wildman–Crippen MR) is 76.0 cm³/mol. The lowest BCUT2D eigenvalue weighted by Gasteiger charge is -2.28. The number of aryl methyl sites for hydroxylation is 1. The van der Waals surface area contributed by atoms with Crippen molar-refractivity contribution in [3.05, 3.63) is 57.9 Å². The Labute approximate surface area is 122 Å². The van der Waals surface area contributed by atoms with Gasteiger partial charge in [-0.3, -0.25) is 4.90 Å². The van der Waals surface area contributed by atoms with Crippen molar-refractivity contribution in [2.45, 2.75) is 26.4 Å². The summed E-state index contributed by atoms with van der Waals surface area (Å²) in [5.74, 6) is 0.519. The number of benzene rings is 1. The fourth-order valence-corrected chi connectivity index (χ4v) is 2.73. The van der Waals surface area contributed by atoms with Crippen LogP contribution >= 0.6 is 11.6 Å². The third-order valence-electron chi connectivity index (χ3n) is 3.54. The van der Waals surface area contributed by atoms with Gasteiger partial charge in [0.05, 0.1) is 0 Å². The van der Waals surface area contributed by atoms with Gasteiger partial charge in [-0.1, -0.05) is 17.7 Å². The van der Waals surface area contributed by atoms with E-state index < -0.39 is 0 Å². The van der Waals surface area contributed by atoms with Crippen LogP contribution in [0.25, 0.3) is 0 Å². The van der Waals surface area contributed by atoms with Crippen LogP contribution in [0.5, 0.6) is 0 Å². The van der Waals surface area contributed by atoms with Gasteiger partial charge in [-0.2, -0.15) is 0 Å². The van der Waals surface area contributed by atoms with E-state index in [2.05, 4.69) is 14.9 Å². The Balaban J connectivity index is 1.75. The van der Waals surface area contributed by atoms with E-state index in [1.807, 2.05) is 13.1 Å². The summed E-state index contributed by atoms with van der Waals surface area (Å²) in [6.45, 7) is 4.36. The number of rotatable bonds is 2. The van der Waals surface area contributed by atoms with E-state index >= 15 is 0 Å². The maximum atomic E-state index is 13.0. The highest BCUT2D eigenvalue weighted by atomic mass is 35.5. The molecule has 0 saturated heterocycles. The van der Waals surface area contributed by atoms with E-state index in [0.717, 1.165) is 36.6 Å². The Bertz CT molecular complexity index is 645. The van der Waals surface area contributed by atoms with Crippen LogP contribution in [0.15, 0.2) is 24.4 Å². The molecule has 0 aliphatic carbocycles. The molecular formula is C15H15ClFN3. The Morgan fingerprint density at radius 2 is 2.25 bits per heavy atom. The Morgan fingerprint density at radius 3 is 3.05 bits per heavy atom. The minimum absolute atomic E-state index is 0.299. The predicted octanol–water partition coefficient (Wildman–Crippen LogP) is 3.14. The molecule has 2 heterocycles. The van der Waals surface area contributed by atoms with Crippen molar-refractivity contribution in [3.63, 3.8) is 0 Å². The molecule has 2 aromatic rings. The Kier molecular flexibility index (Phi) is 3.68. The minimum atomic E-state index is -0.299. The topological polar surface area (TPSA) is 29.0 Å². The molecule has 0 atom stereocenters. The average molecular weight is 292 g/mol. The summed E-state index contributed by atoms with van der Waals surface area (Å²) in [7, 11) is 0. The second-order valence-corrected chi connectivity index (χ2v) is 5.49. The highest BCUT2D eigenvalue weighted by Crippen LogP contribution is 2.22. The number of fused-ring (bicyclic) bond motifs is 1. The molecule has 0 spiro atoms. The van der Waals surface area contributed by atoms with E-state index in [1.165, 1.54) is 17.7 Å². The minimum Gasteiger partial charge on any atom is -0.294 e. The van der Waals surface area contributed by atoms with Crippen LogP contribution in [0.1, 0.15) is 22.6 Å². The summed E-state index contributed by atoms with van der Waals surface area (Å²) in [5.41, 5.74) is 3.25. The Hall–Kier alpha value is -1.52. The lowest BCUT2D eigenvalue weighted by atomic mass is 10.1. The molecule has 0 amide bonds. The van der Waals surface area contributed by atoms with Crippen molar-refractivity contribution < 1.29 is 4.39 Å².